The van der Waals surface area contributed by atoms with Crippen molar-refractivity contribution in [2.75, 3.05) is 11.9 Å². The van der Waals surface area contributed by atoms with E-state index >= 15 is 0 Å². The molecule has 0 saturated heterocycles. The van der Waals surface area contributed by atoms with Gasteiger partial charge in [0.1, 0.15) is 11.6 Å². The van der Waals surface area contributed by atoms with Gasteiger partial charge in [0.15, 0.2) is 0 Å². The first-order chi connectivity index (χ1) is 11.3. The molecule has 2 aromatic carbocycles. The molecule has 0 aliphatic carbocycles. The van der Waals surface area contributed by atoms with Crippen LogP contribution in [0.25, 0.3) is 10.9 Å². The molecule has 0 amide bonds. The third kappa shape index (κ3) is 2.99. The minimum atomic E-state index is -4.68. The van der Waals surface area contributed by atoms with Gasteiger partial charge in [-0.2, -0.15) is 13.2 Å². The number of benzene rings is 2. The number of hydrogen-bond donors (Lipinski definition) is 0. The second-order valence-electron chi connectivity index (χ2n) is 5.04. The second kappa shape index (κ2) is 5.90. The zero-order chi connectivity index (χ0) is 17.5. The van der Waals surface area contributed by atoms with E-state index < -0.39 is 17.8 Å². The minimum Gasteiger partial charge on any atom is -0.329 e. The van der Waals surface area contributed by atoms with Gasteiger partial charge in [0.25, 0.3) is 0 Å². The summed E-state index contributed by atoms with van der Waals surface area (Å²) in [6, 6.07) is 10.2. The number of aromatic nitrogens is 2. The molecule has 8 heteroatoms. The van der Waals surface area contributed by atoms with Crippen molar-refractivity contribution in [3.63, 3.8) is 0 Å². The molecule has 0 aliphatic heterocycles. The highest BCUT2D eigenvalue weighted by molar-refractivity contribution is 6.31. The van der Waals surface area contributed by atoms with E-state index in [4.69, 9.17) is 11.6 Å². The lowest BCUT2D eigenvalue weighted by Gasteiger charge is -2.21. The largest absolute Gasteiger partial charge is 0.451 e. The SMILES string of the molecule is CN(c1ccc(F)c(Cl)c1)c1nc(C(F)(F)F)nc2ccccc12. The summed E-state index contributed by atoms with van der Waals surface area (Å²) in [6.45, 7) is 0. The van der Waals surface area contributed by atoms with Crippen molar-refractivity contribution in [2.45, 2.75) is 6.18 Å². The summed E-state index contributed by atoms with van der Waals surface area (Å²) >= 11 is 5.75. The Morgan fingerprint density at radius 2 is 1.75 bits per heavy atom. The van der Waals surface area contributed by atoms with E-state index in [1.54, 1.807) is 18.2 Å². The molecule has 0 N–H and O–H groups in total. The lowest BCUT2D eigenvalue weighted by Crippen LogP contribution is -2.17. The summed E-state index contributed by atoms with van der Waals surface area (Å²) in [5, 5.41) is 0.308. The van der Waals surface area contributed by atoms with Crippen molar-refractivity contribution in [2.24, 2.45) is 0 Å². The average molecular weight is 356 g/mol. The zero-order valence-corrected chi connectivity index (χ0v) is 13.0. The van der Waals surface area contributed by atoms with Crippen LogP contribution in [-0.4, -0.2) is 17.0 Å². The molecule has 1 heterocycles. The lowest BCUT2D eigenvalue weighted by atomic mass is 10.2. The predicted octanol–water partition coefficient (Wildman–Crippen LogP) is 5.21. The summed E-state index contributed by atoms with van der Waals surface area (Å²) in [6.07, 6.45) is -4.68. The summed E-state index contributed by atoms with van der Waals surface area (Å²) in [5.74, 6) is -1.80. The van der Waals surface area contributed by atoms with E-state index in [1.807, 2.05) is 0 Å². The molecular weight excluding hydrogens is 346 g/mol. The van der Waals surface area contributed by atoms with Crippen LogP contribution >= 0.6 is 11.6 Å². The first kappa shape index (κ1) is 16.4. The highest BCUT2D eigenvalue weighted by atomic mass is 35.5. The molecule has 0 radical (unpaired) electrons. The molecule has 124 valence electrons. The number of anilines is 2. The molecule has 0 atom stereocenters. The van der Waals surface area contributed by atoms with Crippen molar-refractivity contribution in [3.05, 3.63) is 59.1 Å². The van der Waals surface area contributed by atoms with Crippen LogP contribution in [0.2, 0.25) is 5.02 Å². The average Bonchev–Trinajstić information content (AvgIpc) is 2.55. The number of hydrogen-bond acceptors (Lipinski definition) is 3. The number of nitrogens with zero attached hydrogens (tertiary/aromatic N) is 3. The van der Waals surface area contributed by atoms with E-state index in [2.05, 4.69) is 9.97 Å². The molecule has 3 rings (SSSR count). The maximum Gasteiger partial charge on any atom is 0.451 e. The third-order valence-corrected chi connectivity index (χ3v) is 3.73. The van der Waals surface area contributed by atoms with Gasteiger partial charge in [-0.05, 0) is 30.3 Å². The Bertz CT molecular complexity index is 911. The highest BCUT2D eigenvalue weighted by Gasteiger charge is 2.36. The Kier molecular flexibility index (Phi) is 4.04. The summed E-state index contributed by atoms with van der Waals surface area (Å²) < 4.78 is 52.5. The molecular formula is C16H10ClF4N3. The van der Waals surface area contributed by atoms with Crippen molar-refractivity contribution in [1.82, 2.24) is 9.97 Å². The summed E-state index contributed by atoms with van der Waals surface area (Å²) in [4.78, 5) is 8.63. The fraction of sp³-hybridized carbons (Fsp3) is 0.125. The Hall–Kier alpha value is -2.41. The summed E-state index contributed by atoms with van der Waals surface area (Å²) in [5.41, 5.74) is 0.563. The van der Waals surface area contributed by atoms with Crippen molar-refractivity contribution >= 4 is 34.0 Å². The molecule has 0 bridgehead atoms. The molecule has 0 saturated carbocycles. The van der Waals surface area contributed by atoms with Crippen LogP contribution in [0, 0.1) is 5.82 Å². The fourth-order valence-electron chi connectivity index (χ4n) is 2.26. The summed E-state index contributed by atoms with van der Waals surface area (Å²) in [7, 11) is 1.53. The highest BCUT2D eigenvalue weighted by Crippen LogP contribution is 2.34. The maximum absolute atomic E-state index is 13.3. The number of fused-ring (bicyclic) bond motifs is 1. The number of rotatable bonds is 2. The van der Waals surface area contributed by atoms with Gasteiger partial charge in [-0.1, -0.05) is 23.7 Å². The number of alkyl halides is 3. The first-order valence-electron chi connectivity index (χ1n) is 6.80. The third-order valence-electron chi connectivity index (χ3n) is 3.44. The predicted molar refractivity (Wildman–Crippen MR) is 84.0 cm³/mol. The quantitative estimate of drug-likeness (QED) is 0.591. The molecule has 24 heavy (non-hydrogen) atoms. The van der Waals surface area contributed by atoms with Gasteiger partial charge in [0.2, 0.25) is 5.82 Å². The van der Waals surface area contributed by atoms with E-state index in [0.717, 1.165) is 6.07 Å². The lowest BCUT2D eigenvalue weighted by molar-refractivity contribution is -0.144. The Morgan fingerprint density at radius 1 is 1.04 bits per heavy atom. The molecule has 0 aliphatic rings. The van der Waals surface area contributed by atoms with Gasteiger partial charge in [-0.25, -0.2) is 14.4 Å². The smallest absolute Gasteiger partial charge is 0.329 e. The number of halogens is 5. The molecule has 0 fully saturated rings. The zero-order valence-electron chi connectivity index (χ0n) is 12.3. The normalized spacial score (nSPS) is 11.8. The van der Waals surface area contributed by atoms with Gasteiger partial charge in [-0.15, -0.1) is 0 Å². The monoisotopic (exact) mass is 355 g/mol. The Labute approximate surface area is 139 Å². The van der Waals surface area contributed by atoms with E-state index in [0.29, 0.717) is 11.1 Å². The van der Waals surface area contributed by atoms with Gasteiger partial charge < -0.3 is 4.90 Å². The maximum atomic E-state index is 13.3. The standard InChI is InChI=1S/C16H10ClF4N3/c1-24(9-6-7-12(18)11(17)8-9)14-10-4-2-3-5-13(10)22-15(23-14)16(19,20)21/h2-8H,1H3. The van der Waals surface area contributed by atoms with Gasteiger partial charge in [0.05, 0.1) is 10.5 Å². The molecule has 1 aromatic heterocycles. The van der Waals surface area contributed by atoms with Crippen LogP contribution in [0.3, 0.4) is 0 Å². The van der Waals surface area contributed by atoms with Crippen molar-refractivity contribution in [1.29, 1.82) is 0 Å². The Morgan fingerprint density at radius 3 is 2.42 bits per heavy atom. The number of para-hydroxylation sites is 1. The first-order valence-corrected chi connectivity index (χ1v) is 7.18. The fourth-order valence-corrected chi connectivity index (χ4v) is 2.43. The topological polar surface area (TPSA) is 29.0 Å². The van der Waals surface area contributed by atoms with Gasteiger partial charge in [0, 0.05) is 18.1 Å². The van der Waals surface area contributed by atoms with Crippen LogP contribution in [0.15, 0.2) is 42.5 Å². The molecule has 0 unspecified atom stereocenters. The van der Waals surface area contributed by atoms with E-state index in [1.165, 1.54) is 30.1 Å². The van der Waals surface area contributed by atoms with Crippen molar-refractivity contribution in [3.8, 4) is 0 Å². The van der Waals surface area contributed by atoms with E-state index in [9.17, 15) is 17.6 Å². The second-order valence-corrected chi connectivity index (χ2v) is 5.45. The van der Waals surface area contributed by atoms with Gasteiger partial charge >= 0.3 is 6.18 Å². The van der Waals surface area contributed by atoms with Crippen LogP contribution < -0.4 is 4.90 Å². The minimum absolute atomic E-state index is 0.0515. The van der Waals surface area contributed by atoms with Crippen LogP contribution in [0.5, 0.6) is 0 Å². The Balaban J connectivity index is 2.21. The van der Waals surface area contributed by atoms with Crippen molar-refractivity contribution < 1.29 is 17.6 Å². The molecule has 0 spiro atoms. The van der Waals surface area contributed by atoms with Gasteiger partial charge in [-0.3, -0.25) is 0 Å². The van der Waals surface area contributed by atoms with E-state index in [-0.39, 0.29) is 16.4 Å². The van der Waals surface area contributed by atoms with Crippen LogP contribution in [0.4, 0.5) is 29.1 Å². The molecule has 3 nitrogen and oxygen atoms in total. The molecule has 3 aromatic rings. The van der Waals surface area contributed by atoms with Crippen LogP contribution in [0.1, 0.15) is 5.82 Å². The van der Waals surface area contributed by atoms with Crippen LogP contribution in [-0.2, 0) is 6.18 Å².